The highest BCUT2D eigenvalue weighted by atomic mass is 32.1. The van der Waals surface area contributed by atoms with Crippen LogP contribution in [0.4, 0.5) is 10.1 Å². The van der Waals surface area contributed by atoms with E-state index in [2.05, 4.69) is 30.5 Å². The largest absolute Gasteiger partial charge is 0.336 e. The first-order valence-electron chi connectivity index (χ1n) is 12.2. The molecule has 0 bridgehead atoms. The summed E-state index contributed by atoms with van der Waals surface area (Å²) in [5.74, 6) is -0.487. The molecule has 0 saturated carbocycles. The van der Waals surface area contributed by atoms with Crippen molar-refractivity contribution in [2.75, 3.05) is 5.32 Å². The van der Waals surface area contributed by atoms with Crippen LogP contribution in [0.25, 0.3) is 55.2 Å². The number of aromatic nitrogens is 6. The van der Waals surface area contributed by atoms with E-state index >= 15 is 4.39 Å². The summed E-state index contributed by atoms with van der Waals surface area (Å²) in [5.41, 5.74) is 4.06. The molecule has 0 radical (unpaired) electrons. The van der Waals surface area contributed by atoms with Gasteiger partial charge < -0.3 is 10.3 Å². The molecule has 0 spiro atoms. The number of fused-ring (bicyclic) bond motifs is 2. The monoisotopic (exact) mass is 539 g/mol. The molecule has 11 heteroatoms. The molecular formula is C28H22FN7O2S. The van der Waals surface area contributed by atoms with Crippen LogP contribution >= 0.6 is 11.3 Å². The summed E-state index contributed by atoms with van der Waals surface area (Å²) >= 11 is 1.35. The second-order valence-corrected chi connectivity index (χ2v) is 10.5. The van der Waals surface area contributed by atoms with Crippen LogP contribution in [0.1, 0.15) is 30.4 Å². The lowest BCUT2D eigenvalue weighted by Gasteiger charge is -2.10. The summed E-state index contributed by atoms with van der Waals surface area (Å²) in [6, 6.07) is 10.5. The van der Waals surface area contributed by atoms with Crippen molar-refractivity contribution < 1.29 is 14.0 Å². The third-order valence-electron chi connectivity index (χ3n) is 6.32. The van der Waals surface area contributed by atoms with Gasteiger partial charge in [0.15, 0.2) is 11.6 Å². The van der Waals surface area contributed by atoms with Gasteiger partial charge in [-0.3, -0.25) is 24.7 Å². The summed E-state index contributed by atoms with van der Waals surface area (Å²) in [7, 11) is 0. The van der Waals surface area contributed by atoms with Gasteiger partial charge in [-0.05, 0) is 43.3 Å². The number of hydrogen-bond donors (Lipinski definition) is 3. The highest BCUT2D eigenvalue weighted by molar-refractivity contribution is 7.17. The van der Waals surface area contributed by atoms with Crippen molar-refractivity contribution in [1.82, 2.24) is 30.1 Å². The lowest BCUT2D eigenvalue weighted by molar-refractivity contribution is -0.118. The van der Waals surface area contributed by atoms with E-state index in [1.54, 1.807) is 56.6 Å². The molecule has 194 valence electrons. The number of carbonyl (C=O) groups excluding carboxylic acids is 2. The number of amides is 1. The summed E-state index contributed by atoms with van der Waals surface area (Å²) in [6.45, 7) is 5.11. The number of H-pyrrole nitrogens is 2. The zero-order valence-electron chi connectivity index (χ0n) is 21.2. The number of pyridine rings is 2. The van der Waals surface area contributed by atoms with Crippen LogP contribution in [-0.2, 0) is 4.79 Å². The van der Waals surface area contributed by atoms with Gasteiger partial charge in [-0.2, -0.15) is 5.10 Å². The Labute approximate surface area is 225 Å². The lowest BCUT2D eigenvalue weighted by atomic mass is 10.0. The van der Waals surface area contributed by atoms with E-state index in [9.17, 15) is 9.59 Å². The molecule has 0 aliphatic carbocycles. The van der Waals surface area contributed by atoms with Gasteiger partial charge >= 0.3 is 0 Å². The number of anilines is 1. The average Bonchev–Trinajstić information content (AvgIpc) is 3.66. The standard InChI is InChI=1S/C28H22FN7O2S/c1-13(2)28(38)32-16-10-15(11-30-12-16)17-4-5-18-22(23(17)29)26(36-35-18)27-33-19-8-9-31-25(24(19)34-27)21-7-6-20(39-21)14(3)37/h4-13H,1-3H3,(H,32,38)(H,33,34)(H,35,36). The lowest BCUT2D eigenvalue weighted by Crippen LogP contribution is -2.17. The van der Waals surface area contributed by atoms with Crippen LogP contribution < -0.4 is 5.32 Å². The second-order valence-electron chi connectivity index (χ2n) is 9.39. The predicted molar refractivity (Wildman–Crippen MR) is 149 cm³/mol. The summed E-state index contributed by atoms with van der Waals surface area (Å²) in [4.78, 5) is 42.0. The van der Waals surface area contributed by atoms with Gasteiger partial charge in [0.1, 0.15) is 22.7 Å². The fourth-order valence-corrected chi connectivity index (χ4v) is 5.19. The number of ketones is 1. The molecule has 6 rings (SSSR count). The number of nitrogens with zero attached hydrogens (tertiary/aromatic N) is 4. The number of nitrogens with one attached hydrogen (secondary N) is 3. The van der Waals surface area contributed by atoms with Crippen molar-refractivity contribution in [1.29, 1.82) is 0 Å². The number of thiophene rings is 1. The number of carbonyl (C=O) groups is 2. The van der Waals surface area contributed by atoms with Crippen LogP contribution in [-0.4, -0.2) is 41.8 Å². The normalized spacial score (nSPS) is 11.5. The zero-order chi connectivity index (χ0) is 27.3. The molecule has 0 aliphatic heterocycles. The number of halogens is 1. The Kier molecular flexibility index (Phi) is 5.99. The molecule has 39 heavy (non-hydrogen) atoms. The minimum Gasteiger partial charge on any atom is -0.336 e. The highest BCUT2D eigenvalue weighted by Crippen LogP contribution is 2.36. The van der Waals surface area contributed by atoms with E-state index in [4.69, 9.17) is 4.98 Å². The Bertz CT molecular complexity index is 1900. The molecule has 9 nitrogen and oxygen atoms in total. The van der Waals surface area contributed by atoms with Crippen molar-refractivity contribution >= 4 is 50.7 Å². The zero-order valence-corrected chi connectivity index (χ0v) is 22.0. The van der Waals surface area contributed by atoms with E-state index in [-0.39, 0.29) is 23.0 Å². The van der Waals surface area contributed by atoms with Crippen LogP contribution in [0.3, 0.4) is 0 Å². The van der Waals surface area contributed by atoms with Gasteiger partial charge in [-0.15, -0.1) is 11.3 Å². The maximum absolute atomic E-state index is 16.1. The van der Waals surface area contributed by atoms with Gasteiger partial charge in [-0.25, -0.2) is 9.37 Å². The number of imidazole rings is 1. The molecule has 1 amide bonds. The fraction of sp³-hybridized carbons (Fsp3) is 0.143. The van der Waals surface area contributed by atoms with Gasteiger partial charge in [0.05, 0.1) is 38.1 Å². The predicted octanol–water partition coefficient (Wildman–Crippen LogP) is 6.23. The third-order valence-corrected chi connectivity index (χ3v) is 7.51. The molecule has 0 aliphatic rings. The summed E-state index contributed by atoms with van der Waals surface area (Å²) in [5, 5.41) is 10.3. The molecule has 5 heterocycles. The van der Waals surface area contributed by atoms with Gasteiger partial charge in [-0.1, -0.05) is 13.8 Å². The number of benzene rings is 1. The quantitative estimate of drug-likeness (QED) is 0.215. The molecular weight excluding hydrogens is 517 g/mol. The van der Waals surface area contributed by atoms with Crippen molar-refractivity contribution in [2.24, 2.45) is 5.92 Å². The van der Waals surface area contributed by atoms with Crippen molar-refractivity contribution in [3.05, 3.63) is 65.7 Å². The Balaban J connectivity index is 1.44. The molecule has 3 N–H and O–H groups in total. The number of aromatic amines is 2. The molecule has 1 aromatic carbocycles. The Morgan fingerprint density at radius 1 is 1.05 bits per heavy atom. The summed E-state index contributed by atoms with van der Waals surface area (Å²) < 4.78 is 16.1. The molecule has 6 aromatic rings. The first-order chi connectivity index (χ1) is 18.8. The van der Waals surface area contributed by atoms with Gasteiger partial charge in [0, 0.05) is 29.4 Å². The minimum atomic E-state index is -0.492. The SMILES string of the molecule is CC(=O)c1ccc(-c2nccc3[nH]c(-c4n[nH]c5ccc(-c6cncc(NC(=O)C(C)C)c6)c(F)c45)nc23)s1. The van der Waals surface area contributed by atoms with E-state index in [1.807, 2.05) is 6.07 Å². The third kappa shape index (κ3) is 4.36. The van der Waals surface area contributed by atoms with E-state index in [0.29, 0.717) is 55.5 Å². The van der Waals surface area contributed by atoms with E-state index in [0.717, 1.165) is 4.88 Å². The molecule has 0 saturated heterocycles. The van der Waals surface area contributed by atoms with Crippen molar-refractivity contribution in [3.8, 4) is 33.2 Å². The van der Waals surface area contributed by atoms with Crippen molar-refractivity contribution in [3.63, 3.8) is 0 Å². The van der Waals surface area contributed by atoms with Crippen LogP contribution in [0, 0.1) is 11.7 Å². The number of hydrogen-bond acceptors (Lipinski definition) is 7. The van der Waals surface area contributed by atoms with Gasteiger partial charge in [0.25, 0.3) is 0 Å². The Morgan fingerprint density at radius 2 is 1.90 bits per heavy atom. The van der Waals surface area contributed by atoms with E-state index < -0.39 is 5.82 Å². The second kappa shape index (κ2) is 9.52. The molecule has 0 unspecified atom stereocenters. The fourth-order valence-electron chi connectivity index (χ4n) is 4.29. The van der Waals surface area contributed by atoms with Gasteiger partial charge in [0.2, 0.25) is 5.91 Å². The first-order valence-corrected chi connectivity index (χ1v) is 13.0. The maximum Gasteiger partial charge on any atom is 0.226 e. The Hall–Kier alpha value is -4.77. The number of Topliss-reactive ketones (excluding diaryl/α,β-unsaturated/α-hetero) is 1. The first kappa shape index (κ1) is 24.6. The summed E-state index contributed by atoms with van der Waals surface area (Å²) in [6.07, 6.45) is 4.73. The number of rotatable bonds is 6. The van der Waals surface area contributed by atoms with Crippen LogP contribution in [0.5, 0.6) is 0 Å². The van der Waals surface area contributed by atoms with Crippen molar-refractivity contribution in [2.45, 2.75) is 20.8 Å². The Morgan fingerprint density at radius 3 is 2.67 bits per heavy atom. The van der Waals surface area contributed by atoms with Crippen LogP contribution in [0.15, 0.2) is 55.0 Å². The maximum atomic E-state index is 16.1. The molecule has 5 aromatic heterocycles. The highest BCUT2D eigenvalue weighted by Gasteiger charge is 2.21. The van der Waals surface area contributed by atoms with Crippen LogP contribution in [0.2, 0.25) is 0 Å². The minimum absolute atomic E-state index is 0.0153. The topological polar surface area (TPSA) is 129 Å². The van der Waals surface area contributed by atoms with E-state index in [1.165, 1.54) is 24.5 Å². The molecule has 0 atom stereocenters. The average molecular weight is 540 g/mol. The smallest absolute Gasteiger partial charge is 0.226 e. The molecule has 0 fully saturated rings.